The van der Waals surface area contributed by atoms with Crippen LogP contribution in [-0.2, 0) is 13.6 Å². The summed E-state index contributed by atoms with van der Waals surface area (Å²) in [6, 6.07) is 10.7. The first-order chi connectivity index (χ1) is 19.5. The van der Waals surface area contributed by atoms with Crippen molar-refractivity contribution in [1.29, 1.82) is 0 Å². The molecule has 4 aromatic rings. The lowest BCUT2D eigenvalue weighted by Gasteiger charge is -2.21. The van der Waals surface area contributed by atoms with Gasteiger partial charge in [-0.3, -0.25) is 28.1 Å². The normalized spacial score (nSPS) is 13.8. The van der Waals surface area contributed by atoms with E-state index in [0.717, 1.165) is 26.5 Å². The van der Waals surface area contributed by atoms with E-state index in [1.807, 2.05) is 22.6 Å². The number of nitrogens with one attached hydrogen (secondary N) is 2. The Kier molecular flexibility index (Phi) is 7.85. The van der Waals surface area contributed by atoms with Crippen molar-refractivity contribution in [3.63, 3.8) is 0 Å². The third-order valence-electron chi connectivity index (χ3n) is 6.96. The van der Waals surface area contributed by atoms with Crippen LogP contribution in [0.2, 0.25) is 0 Å². The molecular formula is C28H27FIN5O6. The van der Waals surface area contributed by atoms with Crippen LogP contribution in [0.15, 0.2) is 56.8 Å². The molecule has 1 fully saturated rings. The van der Waals surface area contributed by atoms with Crippen molar-refractivity contribution in [1.82, 2.24) is 19.0 Å². The molecule has 1 amide bonds. The van der Waals surface area contributed by atoms with Gasteiger partial charge in [0, 0.05) is 27.8 Å². The second kappa shape index (κ2) is 11.2. The number of halogens is 2. The summed E-state index contributed by atoms with van der Waals surface area (Å²) in [6.45, 7) is 0.197. The van der Waals surface area contributed by atoms with E-state index >= 15 is 0 Å². The third kappa shape index (κ3) is 5.44. The number of aromatic nitrogens is 3. The molecule has 1 atom stereocenters. The van der Waals surface area contributed by atoms with Gasteiger partial charge in [0.15, 0.2) is 0 Å². The molecular weight excluding hydrogens is 648 g/mol. The Balaban J connectivity index is 1.85. The maximum atomic E-state index is 14.9. The average Bonchev–Trinajstić information content (AvgIpc) is 3.77. The first-order valence-corrected chi connectivity index (χ1v) is 13.9. The molecule has 214 valence electrons. The molecule has 13 heteroatoms. The minimum Gasteiger partial charge on any atom is -0.394 e. The van der Waals surface area contributed by atoms with Gasteiger partial charge in [0.1, 0.15) is 17.0 Å². The van der Waals surface area contributed by atoms with Crippen molar-refractivity contribution >= 4 is 50.9 Å². The lowest BCUT2D eigenvalue weighted by Crippen LogP contribution is -2.44. The van der Waals surface area contributed by atoms with Crippen molar-refractivity contribution in [3.8, 4) is 5.69 Å². The van der Waals surface area contributed by atoms with Crippen LogP contribution < -0.4 is 27.4 Å². The minimum atomic E-state index is -1.44. The number of pyridine rings is 1. The predicted molar refractivity (Wildman–Crippen MR) is 160 cm³/mol. The van der Waals surface area contributed by atoms with Gasteiger partial charge < -0.3 is 20.8 Å². The summed E-state index contributed by atoms with van der Waals surface area (Å²) in [4.78, 5) is 54.0. The average molecular weight is 675 g/mol. The lowest BCUT2D eigenvalue weighted by molar-refractivity contribution is 0.0793. The van der Waals surface area contributed by atoms with Gasteiger partial charge in [-0.2, -0.15) is 0 Å². The second-order valence-electron chi connectivity index (χ2n) is 9.98. The van der Waals surface area contributed by atoms with E-state index in [1.54, 1.807) is 24.3 Å². The molecule has 2 aromatic heterocycles. The van der Waals surface area contributed by atoms with Crippen LogP contribution in [0.1, 0.15) is 28.8 Å². The molecule has 2 heterocycles. The molecule has 41 heavy (non-hydrogen) atoms. The number of benzene rings is 2. The van der Waals surface area contributed by atoms with E-state index in [1.165, 1.54) is 32.2 Å². The summed E-state index contributed by atoms with van der Waals surface area (Å²) in [6.07, 6.45) is 0.320. The Morgan fingerprint density at radius 1 is 1.15 bits per heavy atom. The van der Waals surface area contributed by atoms with Gasteiger partial charge in [0.25, 0.3) is 17.0 Å². The number of fused-ring (bicyclic) bond motifs is 1. The van der Waals surface area contributed by atoms with Crippen LogP contribution in [0.3, 0.4) is 0 Å². The summed E-state index contributed by atoms with van der Waals surface area (Å²) in [7, 11) is 1.41. The van der Waals surface area contributed by atoms with Crippen molar-refractivity contribution in [2.24, 2.45) is 7.05 Å². The highest BCUT2D eigenvalue weighted by Gasteiger charge is 2.26. The van der Waals surface area contributed by atoms with Crippen LogP contribution in [0.4, 0.5) is 15.9 Å². The molecule has 4 N–H and O–H groups in total. The zero-order valence-electron chi connectivity index (χ0n) is 22.1. The van der Waals surface area contributed by atoms with E-state index in [0.29, 0.717) is 3.57 Å². The summed E-state index contributed by atoms with van der Waals surface area (Å²) < 4.78 is 18.5. The number of hydrogen-bond acceptors (Lipinski definition) is 7. The Labute approximate surface area is 246 Å². The summed E-state index contributed by atoms with van der Waals surface area (Å²) in [5.41, 5.74) is -1.82. The molecule has 0 radical (unpaired) electrons. The molecule has 1 saturated carbocycles. The third-order valence-corrected chi connectivity index (χ3v) is 7.63. The van der Waals surface area contributed by atoms with Crippen molar-refractivity contribution in [3.05, 3.63) is 94.2 Å². The fraction of sp³-hybridized carbons (Fsp3) is 0.286. The zero-order chi connectivity index (χ0) is 29.6. The molecule has 1 aliphatic carbocycles. The van der Waals surface area contributed by atoms with Gasteiger partial charge in [0.2, 0.25) is 0 Å². The number of hydrogen-bond donors (Lipinski definition) is 4. The summed E-state index contributed by atoms with van der Waals surface area (Å²) >= 11 is 1.95. The van der Waals surface area contributed by atoms with E-state index in [-0.39, 0.29) is 51.2 Å². The van der Waals surface area contributed by atoms with Gasteiger partial charge >= 0.3 is 5.69 Å². The fourth-order valence-corrected chi connectivity index (χ4v) is 5.11. The largest absolute Gasteiger partial charge is 0.394 e. The van der Waals surface area contributed by atoms with Gasteiger partial charge in [-0.05, 0) is 78.8 Å². The fourth-order valence-electron chi connectivity index (χ4n) is 4.66. The second-order valence-corrected chi connectivity index (χ2v) is 11.2. The van der Waals surface area contributed by atoms with E-state index in [4.69, 9.17) is 0 Å². The highest BCUT2D eigenvalue weighted by atomic mass is 127. The first-order valence-electron chi connectivity index (χ1n) is 12.8. The Morgan fingerprint density at radius 3 is 2.54 bits per heavy atom. The molecule has 0 saturated heterocycles. The molecule has 0 spiro atoms. The Hall–Kier alpha value is -3.82. The topological polar surface area (TPSA) is 148 Å². The number of aliphatic hydroxyl groups is 2. The maximum Gasteiger partial charge on any atom is 0.336 e. The van der Waals surface area contributed by atoms with E-state index in [9.17, 15) is 33.8 Å². The Morgan fingerprint density at radius 2 is 1.88 bits per heavy atom. The minimum absolute atomic E-state index is 0.0107. The van der Waals surface area contributed by atoms with Crippen LogP contribution in [-0.4, -0.2) is 48.6 Å². The van der Waals surface area contributed by atoms with Gasteiger partial charge in [0.05, 0.1) is 36.1 Å². The van der Waals surface area contributed by atoms with E-state index < -0.39 is 41.9 Å². The molecule has 5 rings (SSSR count). The SMILES string of the molecule is Cc1c(=O)n(C)c(Nc2ccc(I)cc2F)c2c(=O)n(CC(O)CO)c(=O)n(-c3cccc(C(=O)NC4CC4)c3)c12. The number of aliphatic hydroxyl groups excluding tert-OH is 2. The zero-order valence-corrected chi connectivity index (χ0v) is 24.3. The van der Waals surface area contributed by atoms with Crippen molar-refractivity contribution in [2.75, 3.05) is 11.9 Å². The summed E-state index contributed by atoms with van der Waals surface area (Å²) in [5.74, 6) is -1.04. The number of carbonyl (C=O) groups excluding carboxylic acids is 1. The number of amides is 1. The quantitative estimate of drug-likeness (QED) is 0.209. The smallest absolute Gasteiger partial charge is 0.336 e. The van der Waals surface area contributed by atoms with Gasteiger partial charge in [-0.15, -0.1) is 0 Å². The maximum absolute atomic E-state index is 14.9. The highest BCUT2D eigenvalue weighted by molar-refractivity contribution is 14.1. The molecule has 11 nitrogen and oxygen atoms in total. The predicted octanol–water partition coefficient (Wildman–Crippen LogP) is 1.89. The van der Waals surface area contributed by atoms with E-state index in [2.05, 4.69) is 10.6 Å². The van der Waals surface area contributed by atoms with Crippen molar-refractivity contribution < 1.29 is 19.4 Å². The number of rotatable bonds is 8. The molecule has 0 aliphatic heterocycles. The van der Waals surface area contributed by atoms with Crippen molar-refractivity contribution in [2.45, 2.75) is 38.5 Å². The lowest BCUT2D eigenvalue weighted by atomic mass is 10.1. The van der Waals surface area contributed by atoms with Crippen LogP contribution in [0.5, 0.6) is 0 Å². The molecule has 2 aromatic carbocycles. The molecule has 1 aliphatic rings. The number of aryl methyl sites for hydroxylation is 1. The molecule has 1 unspecified atom stereocenters. The first kappa shape index (κ1) is 28.7. The number of carbonyl (C=O) groups is 1. The van der Waals surface area contributed by atoms with Crippen LogP contribution in [0, 0.1) is 16.3 Å². The van der Waals surface area contributed by atoms with Gasteiger partial charge in [-0.1, -0.05) is 6.07 Å². The Bertz CT molecular complexity index is 1880. The molecule has 0 bridgehead atoms. The number of anilines is 2. The monoisotopic (exact) mass is 675 g/mol. The summed E-state index contributed by atoms with van der Waals surface area (Å²) in [5, 5.41) is 25.3. The number of nitrogens with zero attached hydrogens (tertiary/aromatic N) is 3. The van der Waals surface area contributed by atoms with Crippen LogP contribution in [0.25, 0.3) is 16.6 Å². The highest BCUT2D eigenvalue weighted by Crippen LogP contribution is 2.28. The van der Waals surface area contributed by atoms with Gasteiger partial charge in [-0.25, -0.2) is 9.18 Å². The van der Waals surface area contributed by atoms with Crippen LogP contribution >= 0.6 is 22.6 Å². The standard InChI is InChI=1S/C28H27FIN5O6/c1-14-23-22(24(33(2)26(14)39)32-21-9-6-16(30)11-20(21)29)27(40)34(12-19(37)13-36)28(41)35(23)18-5-3-4-15(10-18)25(38)31-17-7-8-17/h3-6,9-11,17,19,32,36-37H,7-8,12-13H2,1-2H3,(H,31,38).